The lowest BCUT2D eigenvalue weighted by atomic mass is 10.1. The van der Waals surface area contributed by atoms with Gasteiger partial charge in [-0.15, -0.1) is 0 Å². The number of halogens is 1. The second kappa shape index (κ2) is 6.48. The first-order valence-electron chi connectivity index (χ1n) is 5.25. The van der Waals surface area contributed by atoms with Crippen LogP contribution in [0.3, 0.4) is 0 Å². The minimum atomic E-state index is -0.265. The van der Waals surface area contributed by atoms with Gasteiger partial charge in [0.2, 0.25) is 5.91 Å². The standard InChI is InChI=1S/C11H22BrNO2/c1-8(2)9(6-12)13-10(14)7-15-11(3,4)5/h8-9H,6-7H2,1-5H3,(H,13,14). The van der Waals surface area contributed by atoms with Crippen LogP contribution in [0, 0.1) is 5.92 Å². The summed E-state index contributed by atoms with van der Waals surface area (Å²) >= 11 is 3.38. The minimum absolute atomic E-state index is 0.0527. The van der Waals surface area contributed by atoms with E-state index in [1.54, 1.807) is 0 Å². The summed E-state index contributed by atoms with van der Waals surface area (Å²) in [6.45, 7) is 10.1. The van der Waals surface area contributed by atoms with E-state index < -0.39 is 0 Å². The van der Waals surface area contributed by atoms with Gasteiger partial charge in [0.25, 0.3) is 0 Å². The number of ether oxygens (including phenoxy) is 1. The summed E-state index contributed by atoms with van der Waals surface area (Å²) in [7, 11) is 0. The molecule has 0 heterocycles. The molecule has 0 aromatic heterocycles. The predicted molar refractivity (Wildman–Crippen MR) is 66.3 cm³/mol. The van der Waals surface area contributed by atoms with Crippen LogP contribution in [0.25, 0.3) is 0 Å². The lowest BCUT2D eigenvalue weighted by molar-refractivity contribution is -0.131. The van der Waals surface area contributed by atoms with Crippen LogP contribution in [0.2, 0.25) is 0 Å². The Hall–Kier alpha value is -0.0900. The van der Waals surface area contributed by atoms with Gasteiger partial charge in [-0.2, -0.15) is 0 Å². The van der Waals surface area contributed by atoms with E-state index >= 15 is 0 Å². The number of hydrogen-bond donors (Lipinski definition) is 1. The number of carbonyl (C=O) groups is 1. The summed E-state index contributed by atoms with van der Waals surface area (Å²) in [4.78, 5) is 11.5. The van der Waals surface area contributed by atoms with Crippen molar-refractivity contribution in [3.8, 4) is 0 Å². The molecule has 0 aromatic carbocycles. The molecule has 0 aliphatic rings. The summed E-state index contributed by atoms with van der Waals surface area (Å²) in [6, 6.07) is 0.168. The monoisotopic (exact) mass is 279 g/mol. The van der Waals surface area contributed by atoms with Gasteiger partial charge < -0.3 is 10.1 Å². The van der Waals surface area contributed by atoms with E-state index in [2.05, 4.69) is 35.1 Å². The maximum Gasteiger partial charge on any atom is 0.246 e. The third-order valence-corrected chi connectivity index (χ3v) is 2.65. The molecule has 0 bridgehead atoms. The molecule has 0 fully saturated rings. The van der Waals surface area contributed by atoms with E-state index in [9.17, 15) is 4.79 Å². The van der Waals surface area contributed by atoms with E-state index in [1.165, 1.54) is 0 Å². The van der Waals surface area contributed by atoms with Gasteiger partial charge in [-0.25, -0.2) is 0 Å². The quantitative estimate of drug-likeness (QED) is 0.785. The molecular weight excluding hydrogens is 258 g/mol. The molecule has 0 aliphatic heterocycles. The van der Waals surface area contributed by atoms with Gasteiger partial charge in [0.05, 0.1) is 5.60 Å². The van der Waals surface area contributed by atoms with Gasteiger partial charge >= 0.3 is 0 Å². The van der Waals surface area contributed by atoms with Crippen LogP contribution in [-0.4, -0.2) is 29.5 Å². The number of carbonyl (C=O) groups excluding carboxylic acids is 1. The zero-order chi connectivity index (χ0) is 12.1. The average Bonchev–Trinajstić information content (AvgIpc) is 2.09. The smallest absolute Gasteiger partial charge is 0.246 e. The summed E-state index contributed by atoms with van der Waals surface area (Å²) in [5, 5.41) is 3.70. The first-order chi connectivity index (χ1) is 6.76. The summed E-state index contributed by atoms with van der Waals surface area (Å²) < 4.78 is 5.39. The number of amides is 1. The van der Waals surface area contributed by atoms with Crippen molar-refractivity contribution in [1.29, 1.82) is 0 Å². The maximum atomic E-state index is 11.5. The highest BCUT2D eigenvalue weighted by atomic mass is 79.9. The van der Waals surface area contributed by atoms with Crippen LogP contribution >= 0.6 is 15.9 Å². The topological polar surface area (TPSA) is 38.3 Å². The van der Waals surface area contributed by atoms with Crippen molar-refractivity contribution in [3.05, 3.63) is 0 Å². The Kier molecular flexibility index (Phi) is 6.44. The van der Waals surface area contributed by atoms with Crippen molar-refractivity contribution in [1.82, 2.24) is 5.32 Å². The Morgan fingerprint density at radius 3 is 2.27 bits per heavy atom. The molecule has 0 radical (unpaired) electrons. The fraction of sp³-hybridized carbons (Fsp3) is 0.909. The first kappa shape index (κ1) is 14.9. The fourth-order valence-corrected chi connectivity index (χ4v) is 1.82. The molecule has 90 valence electrons. The van der Waals surface area contributed by atoms with E-state index in [0.717, 1.165) is 5.33 Å². The van der Waals surface area contributed by atoms with Crippen molar-refractivity contribution in [2.24, 2.45) is 5.92 Å². The Morgan fingerprint density at radius 2 is 1.93 bits per heavy atom. The second-order valence-electron chi connectivity index (χ2n) is 4.97. The molecule has 0 aromatic rings. The molecular formula is C11H22BrNO2. The normalized spacial score (nSPS) is 14.1. The van der Waals surface area contributed by atoms with Crippen molar-refractivity contribution >= 4 is 21.8 Å². The second-order valence-corrected chi connectivity index (χ2v) is 5.62. The van der Waals surface area contributed by atoms with Gasteiger partial charge in [-0.05, 0) is 26.7 Å². The van der Waals surface area contributed by atoms with Crippen molar-refractivity contribution in [3.63, 3.8) is 0 Å². The van der Waals surface area contributed by atoms with Gasteiger partial charge in [0.15, 0.2) is 0 Å². The van der Waals surface area contributed by atoms with Crippen LogP contribution in [0.5, 0.6) is 0 Å². The number of hydrogen-bond acceptors (Lipinski definition) is 2. The van der Waals surface area contributed by atoms with Crippen LogP contribution in [0.1, 0.15) is 34.6 Å². The molecule has 3 nitrogen and oxygen atoms in total. The summed E-state index contributed by atoms with van der Waals surface area (Å²) in [5.41, 5.74) is -0.265. The molecule has 0 spiro atoms. The highest BCUT2D eigenvalue weighted by molar-refractivity contribution is 9.09. The van der Waals surface area contributed by atoms with Crippen LogP contribution in [0.4, 0.5) is 0 Å². The molecule has 15 heavy (non-hydrogen) atoms. The molecule has 4 heteroatoms. The van der Waals surface area contributed by atoms with Gasteiger partial charge in [-0.3, -0.25) is 4.79 Å². The molecule has 0 saturated carbocycles. The van der Waals surface area contributed by atoms with Gasteiger partial charge in [0.1, 0.15) is 6.61 Å². The van der Waals surface area contributed by atoms with Crippen molar-refractivity contribution < 1.29 is 9.53 Å². The minimum Gasteiger partial charge on any atom is -0.366 e. The highest BCUT2D eigenvalue weighted by Crippen LogP contribution is 2.07. The molecule has 0 rings (SSSR count). The number of alkyl halides is 1. The Balaban J connectivity index is 3.92. The van der Waals surface area contributed by atoms with E-state index in [-0.39, 0.29) is 24.2 Å². The SMILES string of the molecule is CC(C)C(CBr)NC(=O)COC(C)(C)C. The third kappa shape index (κ3) is 7.79. The van der Waals surface area contributed by atoms with Gasteiger partial charge in [-0.1, -0.05) is 29.8 Å². The predicted octanol–water partition coefficient (Wildman–Crippen LogP) is 2.34. The van der Waals surface area contributed by atoms with Crippen LogP contribution < -0.4 is 5.32 Å². The molecule has 0 aliphatic carbocycles. The molecule has 1 N–H and O–H groups in total. The Labute approximate surface area is 101 Å². The zero-order valence-electron chi connectivity index (χ0n) is 10.3. The van der Waals surface area contributed by atoms with Crippen LogP contribution in [-0.2, 0) is 9.53 Å². The lowest BCUT2D eigenvalue weighted by Crippen LogP contribution is -2.42. The summed E-state index contributed by atoms with van der Waals surface area (Å²) in [5.74, 6) is 0.367. The molecule has 1 amide bonds. The first-order valence-corrected chi connectivity index (χ1v) is 6.37. The van der Waals surface area contributed by atoms with Crippen molar-refractivity contribution in [2.45, 2.75) is 46.3 Å². The molecule has 0 saturated heterocycles. The zero-order valence-corrected chi connectivity index (χ0v) is 11.8. The Morgan fingerprint density at radius 1 is 1.40 bits per heavy atom. The summed E-state index contributed by atoms with van der Waals surface area (Å²) in [6.07, 6.45) is 0. The van der Waals surface area contributed by atoms with E-state index in [0.29, 0.717) is 5.92 Å². The number of nitrogens with one attached hydrogen (secondary N) is 1. The third-order valence-electron chi connectivity index (χ3n) is 1.95. The fourth-order valence-electron chi connectivity index (χ4n) is 0.914. The largest absolute Gasteiger partial charge is 0.366 e. The Bertz CT molecular complexity index is 199. The molecule has 1 unspecified atom stereocenters. The maximum absolute atomic E-state index is 11.5. The van der Waals surface area contributed by atoms with Crippen molar-refractivity contribution in [2.75, 3.05) is 11.9 Å². The average molecular weight is 280 g/mol. The van der Waals surface area contributed by atoms with Crippen LogP contribution in [0.15, 0.2) is 0 Å². The molecule has 1 atom stereocenters. The van der Waals surface area contributed by atoms with E-state index in [1.807, 2.05) is 20.8 Å². The van der Waals surface area contributed by atoms with Gasteiger partial charge in [0, 0.05) is 11.4 Å². The number of rotatable bonds is 5. The highest BCUT2D eigenvalue weighted by Gasteiger charge is 2.17. The lowest BCUT2D eigenvalue weighted by Gasteiger charge is -2.22. The van der Waals surface area contributed by atoms with E-state index in [4.69, 9.17) is 4.74 Å².